The van der Waals surface area contributed by atoms with E-state index in [-0.39, 0.29) is 18.4 Å². The van der Waals surface area contributed by atoms with Gasteiger partial charge < -0.3 is 10.5 Å². The highest BCUT2D eigenvalue weighted by molar-refractivity contribution is 5.86. The molecule has 2 heteroatoms. The number of hydrogen-bond donors (Lipinski definition) is 2. The number of benzene rings is 1. The van der Waals surface area contributed by atoms with Crippen LogP contribution in [0, 0.1) is 24.2 Å². The lowest BCUT2D eigenvalue weighted by molar-refractivity contribution is 0.198. The third-order valence-corrected chi connectivity index (χ3v) is 3.76. The fourth-order valence-electron chi connectivity index (χ4n) is 2.58. The number of allylic oxidation sites excluding steroid dienone is 2. The number of aryl methyl sites for hydroxylation is 1. The summed E-state index contributed by atoms with van der Waals surface area (Å²) < 4.78 is 0. The summed E-state index contributed by atoms with van der Waals surface area (Å²) >= 11 is 0. The lowest BCUT2D eigenvalue weighted by Crippen LogP contribution is -2.28. The van der Waals surface area contributed by atoms with E-state index in [4.69, 9.17) is 5.41 Å². The average Bonchev–Trinajstić information content (AvgIpc) is 2.39. The van der Waals surface area contributed by atoms with E-state index in [2.05, 4.69) is 43.3 Å². The molecular weight excluding hydrogens is 222 g/mol. The molecule has 1 aromatic carbocycles. The number of aliphatic hydroxyl groups is 1. The molecule has 0 radical (unpaired) electrons. The molecule has 0 saturated heterocycles. The van der Waals surface area contributed by atoms with E-state index in [1.54, 1.807) is 0 Å². The highest BCUT2D eigenvalue weighted by Gasteiger charge is 2.25. The zero-order valence-corrected chi connectivity index (χ0v) is 10.9. The molecule has 96 valence electrons. The van der Waals surface area contributed by atoms with Gasteiger partial charge in [-0.3, -0.25) is 0 Å². The average molecular weight is 243 g/mol. The molecule has 1 aromatic rings. The summed E-state index contributed by atoms with van der Waals surface area (Å²) in [6, 6.07) is 8.46. The molecule has 2 rings (SSSR count). The van der Waals surface area contributed by atoms with Gasteiger partial charge in [0.25, 0.3) is 0 Å². The van der Waals surface area contributed by atoms with Crippen molar-refractivity contribution >= 4 is 5.71 Å². The summed E-state index contributed by atoms with van der Waals surface area (Å²) in [4.78, 5) is 0. The van der Waals surface area contributed by atoms with Crippen LogP contribution in [0.1, 0.15) is 24.0 Å². The summed E-state index contributed by atoms with van der Waals surface area (Å²) in [6.45, 7) is 2.24. The van der Waals surface area contributed by atoms with Crippen LogP contribution in [-0.2, 0) is 6.42 Å². The van der Waals surface area contributed by atoms with Crippen molar-refractivity contribution in [2.75, 3.05) is 6.61 Å². The van der Waals surface area contributed by atoms with E-state index in [9.17, 15) is 5.11 Å². The minimum Gasteiger partial charge on any atom is -0.396 e. The predicted octanol–water partition coefficient (Wildman–Crippen LogP) is 3.13. The zero-order chi connectivity index (χ0) is 13.0. The van der Waals surface area contributed by atoms with Crippen LogP contribution in [0.25, 0.3) is 0 Å². The second kappa shape index (κ2) is 5.96. The Morgan fingerprint density at radius 3 is 2.61 bits per heavy atom. The van der Waals surface area contributed by atoms with Crippen LogP contribution in [-0.4, -0.2) is 17.4 Å². The van der Waals surface area contributed by atoms with E-state index < -0.39 is 0 Å². The van der Waals surface area contributed by atoms with Gasteiger partial charge >= 0.3 is 0 Å². The second-order valence-corrected chi connectivity index (χ2v) is 5.18. The molecule has 0 amide bonds. The van der Waals surface area contributed by atoms with Crippen molar-refractivity contribution in [1.82, 2.24) is 0 Å². The van der Waals surface area contributed by atoms with Gasteiger partial charge in [-0.25, -0.2) is 0 Å². The molecule has 0 spiro atoms. The van der Waals surface area contributed by atoms with Crippen LogP contribution < -0.4 is 0 Å². The standard InChI is InChI=1S/C16H21NO/c1-12-6-8-13(9-7-12)10-14(11-18)15-4-2-3-5-16(15)17/h2-3,6-9,14-15,17-18H,4-5,10-11H2,1H3. The monoisotopic (exact) mass is 243 g/mol. The molecule has 0 fully saturated rings. The van der Waals surface area contributed by atoms with Crippen LogP contribution in [0.2, 0.25) is 0 Å². The molecule has 18 heavy (non-hydrogen) atoms. The summed E-state index contributed by atoms with van der Waals surface area (Å²) in [5.74, 6) is 0.381. The first-order valence-corrected chi connectivity index (χ1v) is 6.59. The molecular formula is C16H21NO. The van der Waals surface area contributed by atoms with Gasteiger partial charge in [-0.1, -0.05) is 42.0 Å². The normalized spacial score (nSPS) is 21.0. The molecule has 0 bridgehead atoms. The minimum absolute atomic E-state index is 0.161. The SMILES string of the molecule is Cc1ccc(CC(CO)C2CC=CCC2=N)cc1. The lowest BCUT2D eigenvalue weighted by atomic mass is 9.79. The fourth-order valence-corrected chi connectivity index (χ4v) is 2.58. The van der Waals surface area contributed by atoms with E-state index in [0.717, 1.165) is 25.0 Å². The Labute approximate surface area is 109 Å². The van der Waals surface area contributed by atoms with Crippen molar-refractivity contribution in [3.05, 3.63) is 47.5 Å². The first-order chi connectivity index (χ1) is 8.70. The van der Waals surface area contributed by atoms with Gasteiger partial charge in [0.15, 0.2) is 0 Å². The van der Waals surface area contributed by atoms with Crippen LogP contribution in [0.15, 0.2) is 36.4 Å². The Bertz CT molecular complexity index is 433. The van der Waals surface area contributed by atoms with Crippen molar-refractivity contribution in [2.45, 2.75) is 26.2 Å². The Hall–Kier alpha value is -1.41. The molecule has 1 aliphatic rings. The number of hydrogen-bond acceptors (Lipinski definition) is 2. The Kier molecular flexibility index (Phi) is 4.32. The molecule has 0 aliphatic heterocycles. The third-order valence-electron chi connectivity index (χ3n) is 3.76. The van der Waals surface area contributed by atoms with Gasteiger partial charge in [-0.2, -0.15) is 0 Å². The molecule has 2 N–H and O–H groups in total. The maximum atomic E-state index is 9.59. The summed E-state index contributed by atoms with van der Waals surface area (Å²) in [5.41, 5.74) is 3.28. The summed E-state index contributed by atoms with van der Waals surface area (Å²) in [5, 5.41) is 17.6. The number of rotatable bonds is 4. The van der Waals surface area contributed by atoms with E-state index in [1.165, 1.54) is 11.1 Å². The molecule has 2 nitrogen and oxygen atoms in total. The van der Waals surface area contributed by atoms with Crippen LogP contribution >= 0.6 is 0 Å². The van der Waals surface area contributed by atoms with Crippen molar-refractivity contribution in [3.8, 4) is 0 Å². The van der Waals surface area contributed by atoms with Crippen LogP contribution in [0.3, 0.4) is 0 Å². The Balaban J connectivity index is 2.07. The minimum atomic E-state index is 0.161. The summed E-state index contributed by atoms with van der Waals surface area (Å²) in [6.07, 6.45) is 6.70. The van der Waals surface area contributed by atoms with Crippen molar-refractivity contribution < 1.29 is 5.11 Å². The van der Waals surface area contributed by atoms with Gasteiger partial charge in [0.2, 0.25) is 0 Å². The van der Waals surface area contributed by atoms with Crippen molar-refractivity contribution in [1.29, 1.82) is 5.41 Å². The maximum absolute atomic E-state index is 9.59. The highest BCUT2D eigenvalue weighted by Crippen LogP contribution is 2.26. The fraction of sp³-hybridized carbons (Fsp3) is 0.438. The summed E-state index contributed by atoms with van der Waals surface area (Å²) in [7, 11) is 0. The maximum Gasteiger partial charge on any atom is 0.0468 e. The number of aliphatic hydroxyl groups excluding tert-OH is 1. The van der Waals surface area contributed by atoms with Crippen LogP contribution in [0.5, 0.6) is 0 Å². The molecule has 0 heterocycles. The van der Waals surface area contributed by atoms with Crippen LogP contribution in [0.4, 0.5) is 0 Å². The Morgan fingerprint density at radius 2 is 2.00 bits per heavy atom. The first-order valence-electron chi connectivity index (χ1n) is 6.59. The predicted molar refractivity (Wildman–Crippen MR) is 75.0 cm³/mol. The second-order valence-electron chi connectivity index (χ2n) is 5.18. The molecule has 0 saturated carbocycles. The largest absolute Gasteiger partial charge is 0.396 e. The van der Waals surface area contributed by atoms with E-state index in [1.807, 2.05) is 0 Å². The lowest BCUT2D eigenvalue weighted by Gasteiger charge is -2.27. The smallest absolute Gasteiger partial charge is 0.0468 e. The Morgan fingerprint density at radius 1 is 1.28 bits per heavy atom. The van der Waals surface area contributed by atoms with E-state index in [0.29, 0.717) is 0 Å². The first kappa shape index (κ1) is 13.0. The zero-order valence-electron chi connectivity index (χ0n) is 10.9. The van der Waals surface area contributed by atoms with Gasteiger partial charge in [-0.15, -0.1) is 0 Å². The van der Waals surface area contributed by atoms with Crippen molar-refractivity contribution in [2.24, 2.45) is 11.8 Å². The quantitative estimate of drug-likeness (QED) is 0.784. The van der Waals surface area contributed by atoms with E-state index >= 15 is 0 Å². The van der Waals surface area contributed by atoms with Gasteiger partial charge in [0.05, 0.1) is 0 Å². The van der Waals surface area contributed by atoms with Gasteiger partial charge in [0.1, 0.15) is 0 Å². The topological polar surface area (TPSA) is 44.1 Å². The molecule has 0 aromatic heterocycles. The van der Waals surface area contributed by atoms with Gasteiger partial charge in [0, 0.05) is 24.7 Å². The molecule has 1 aliphatic carbocycles. The van der Waals surface area contributed by atoms with Gasteiger partial charge in [-0.05, 0) is 31.2 Å². The van der Waals surface area contributed by atoms with Crippen molar-refractivity contribution in [3.63, 3.8) is 0 Å². The molecule has 2 unspecified atom stereocenters. The third kappa shape index (κ3) is 3.08. The number of nitrogens with one attached hydrogen (secondary N) is 1. The molecule has 2 atom stereocenters. The highest BCUT2D eigenvalue weighted by atomic mass is 16.3.